The third-order valence-corrected chi connectivity index (χ3v) is 3.35. The summed E-state index contributed by atoms with van der Waals surface area (Å²) >= 11 is 0. The largest absolute Gasteiger partial charge is 0.497 e. The lowest BCUT2D eigenvalue weighted by Crippen LogP contribution is -2.23. The van der Waals surface area contributed by atoms with E-state index in [-0.39, 0.29) is 24.8 Å². The minimum atomic E-state index is -0.314. The van der Waals surface area contributed by atoms with Crippen LogP contribution in [0.4, 0.5) is 0 Å². The summed E-state index contributed by atoms with van der Waals surface area (Å²) in [4.78, 5) is 16.2. The van der Waals surface area contributed by atoms with E-state index in [0.29, 0.717) is 28.8 Å². The van der Waals surface area contributed by atoms with E-state index < -0.39 is 0 Å². The Bertz CT molecular complexity index is 857. The van der Waals surface area contributed by atoms with Crippen LogP contribution < -0.4 is 14.8 Å². The second kappa shape index (κ2) is 7.47. The molecule has 2 heterocycles. The van der Waals surface area contributed by atoms with Crippen molar-refractivity contribution < 1.29 is 14.3 Å². The zero-order chi connectivity index (χ0) is 17.6. The fourth-order valence-electron chi connectivity index (χ4n) is 2.12. The monoisotopic (exact) mass is 342 g/mol. The molecule has 0 bridgehead atoms. The van der Waals surface area contributed by atoms with Crippen LogP contribution in [-0.4, -0.2) is 38.4 Å². The van der Waals surface area contributed by atoms with E-state index in [9.17, 15) is 4.79 Å². The van der Waals surface area contributed by atoms with E-state index in [1.165, 1.54) is 0 Å². The number of carbonyl (C=O) groups excluding carboxylic acids is 1. The lowest BCUT2D eigenvalue weighted by Gasteiger charge is -2.06. The van der Waals surface area contributed by atoms with Crippen LogP contribution in [0.5, 0.6) is 11.5 Å². The Hall–Kier alpha value is -3.36. The molecule has 3 rings (SSSR count). The van der Waals surface area contributed by atoms with Crippen LogP contribution in [-0.2, 0) is 13.2 Å². The number of aryl methyl sites for hydroxylation is 1. The smallest absolute Gasteiger partial charge is 0.272 e. The number of nitrogens with one attached hydrogen (secondary N) is 3. The van der Waals surface area contributed by atoms with Gasteiger partial charge in [-0.05, 0) is 25.1 Å². The molecular weight excluding hydrogens is 324 g/mol. The number of methoxy groups -OCH3 is 1. The highest BCUT2D eigenvalue weighted by Crippen LogP contribution is 2.19. The molecule has 25 heavy (non-hydrogen) atoms. The molecule has 0 aliphatic carbocycles. The lowest BCUT2D eigenvalue weighted by atomic mass is 10.3. The molecule has 3 N–H and O–H groups in total. The molecule has 1 aromatic carbocycles. The lowest BCUT2D eigenvalue weighted by molar-refractivity contribution is 0.0945. The molecule has 0 atom stereocenters. The Morgan fingerprint density at radius 2 is 2.04 bits per heavy atom. The minimum Gasteiger partial charge on any atom is -0.497 e. The Kier molecular flexibility index (Phi) is 4.93. The zero-order valence-electron chi connectivity index (χ0n) is 13.9. The van der Waals surface area contributed by atoms with Gasteiger partial charge in [-0.15, -0.1) is 0 Å². The second-order valence-electron chi connectivity index (χ2n) is 5.27. The minimum absolute atomic E-state index is 0.228. The van der Waals surface area contributed by atoms with Crippen LogP contribution >= 0.6 is 0 Å². The summed E-state index contributed by atoms with van der Waals surface area (Å²) < 4.78 is 10.8. The average Bonchev–Trinajstić information content (AvgIpc) is 3.27. The summed E-state index contributed by atoms with van der Waals surface area (Å²) in [5, 5.41) is 16.2. The Morgan fingerprint density at radius 3 is 2.80 bits per heavy atom. The SMILES string of the molecule is COc1cccc(OCc2cc(C(=O)NCc3n[nH]c(C)n3)n[nH]2)c1. The van der Waals surface area contributed by atoms with Crippen LogP contribution in [0, 0.1) is 6.92 Å². The number of rotatable bonds is 7. The van der Waals surface area contributed by atoms with Gasteiger partial charge < -0.3 is 14.8 Å². The van der Waals surface area contributed by atoms with E-state index >= 15 is 0 Å². The predicted molar refractivity (Wildman–Crippen MR) is 88.2 cm³/mol. The van der Waals surface area contributed by atoms with Crippen molar-refractivity contribution in [3.05, 3.63) is 53.4 Å². The van der Waals surface area contributed by atoms with Gasteiger partial charge in [0.1, 0.15) is 29.6 Å². The van der Waals surface area contributed by atoms with Crippen LogP contribution in [0.2, 0.25) is 0 Å². The van der Waals surface area contributed by atoms with Crippen molar-refractivity contribution in [3.63, 3.8) is 0 Å². The standard InChI is InChI=1S/C16H18N6O3/c1-10-18-15(22-19-10)8-17-16(23)14-6-11(20-21-14)9-25-13-5-3-4-12(7-13)24-2/h3-7H,8-9H2,1-2H3,(H,17,23)(H,20,21)(H,18,19,22). The summed E-state index contributed by atoms with van der Waals surface area (Å²) in [6.07, 6.45) is 0. The van der Waals surface area contributed by atoms with Gasteiger partial charge in [-0.25, -0.2) is 4.98 Å². The Labute approximate surface area is 143 Å². The normalized spacial score (nSPS) is 10.5. The molecule has 0 saturated carbocycles. The number of benzene rings is 1. The summed E-state index contributed by atoms with van der Waals surface area (Å²) in [6, 6.07) is 8.92. The van der Waals surface area contributed by atoms with Gasteiger partial charge in [-0.2, -0.15) is 10.2 Å². The van der Waals surface area contributed by atoms with E-state index in [1.54, 1.807) is 26.2 Å². The van der Waals surface area contributed by atoms with Crippen molar-refractivity contribution in [1.82, 2.24) is 30.7 Å². The molecule has 3 aromatic rings. The first-order valence-electron chi connectivity index (χ1n) is 7.61. The highest BCUT2D eigenvalue weighted by Gasteiger charge is 2.11. The van der Waals surface area contributed by atoms with Gasteiger partial charge in [0.25, 0.3) is 5.91 Å². The Morgan fingerprint density at radius 1 is 1.20 bits per heavy atom. The van der Waals surface area contributed by atoms with E-state index in [4.69, 9.17) is 9.47 Å². The molecular formula is C16H18N6O3. The maximum atomic E-state index is 12.1. The third-order valence-electron chi connectivity index (χ3n) is 3.35. The van der Waals surface area contributed by atoms with E-state index in [1.807, 2.05) is 18.2 Å². The number of ether oxygens (including phenoxy) is 2. The number of carbonyl (C=O) groups is 1. The summed E-state index contributed by atoms with van der Waals surface area (Å²) in [6.45, 7) is 2.28. The number of aromatic nitrogens is 5. The number of hydrogen-bond acceptors (Lipinski definition) is 6. The summed E-state index contributed by atoms with van der Waals surface area (Å²) in [5.41, 5.74) is 0.957. The highest BCUT2D eigenvalue weighted by molar-refractivity contribution is 5.92. The molecule has 0 spiro atoms. The van der Waals surface area contributed by atoms with Gasteiger partial charge in [-0.1, -0.05) is 6.07 Å². The zero-order valence-corrected chi connectivity index (χ0v) is 13.9. The van der Waals surface area contributed by atoms with Crippen LogP contribution in [0.1, 0.15) is 27.8 Å². The van der Waals surface area contributed by atoms with Crippen molar-refractivity contribution >= 4 is 5.91 Å². The van der Waals surface area contributed by atoms with Crippen molar-refractivity contribution in [3.8, 4) is 11.5 Å². The van der Waals surface area contributed by atoms with E-state index in [2.05, 4.69) is 30.7 Å². The van der Waals surface area contributed by atoms with Crippen LogP contribution in [0.3, 0.4) is 0 Å². The van der Waals surface area contributed by atoms with Gasteiger partial charge in [0.2, 0.25) is 0 Å². The molecule has 0 unspecified atom stereocenters. The van der Waals surface area contributed by atoms with Crippen LogP contribution in [0.15, 0.2) is 30.3 Å². The molecule has 2 aromatic heterocycles. The fourth-order valence-corrected chi connectivity index (χ4v) is 2.12. The van der Waals surface area contributed by atoms with Gasteiger partial charge in [0.05, 0.1) is 19.3 Å². The first kappa shape index (κ1) is 16.5. The van der Waals surface area contributed by atoms with Crippen LogP contribution in [0.25, 0.3) is 0 Å². The molecule has 0 fully saturated rings. The van der Waals surface area contributed by atoms with Gasteiger partial charge >= 0.3 is 0 Å². The molecule has 0 aliphatic rings. The second-order valence-corrected chi connectivity index (χ2v) is 5.27. The highest BCUT2D eigenvalue weighted by atomic mass is 16.5. The predicted octanol–water partition coefficient (Wildman–Crippen LogP) is 1.35. The molecule has 130 valence electrons. The Balaban J connectivity index is 1.53. The number of aromatic amines is 2. The van der Waals surface area contributed by atoms with Crippen molar-refractivity contribution in [2.75, 3.05) is 7.11 Å². The number of H-pyrrole nitrogens is 2. The summed E-state index contributed by atoms with van der Waals surface area (Å²) in [7, 11) is 1.60. The van der Waals surface area contributed by atoms with Crippen molar-refractivity contribution in [1.29, 1.82) is 0 Å². The number of hydrogen-bond donors (Lipinski definition) is 3. The van der Waals surface area contributed by atoms with E-state index in [0.717, 1.165) is 0 Å². The quantitative estimate of drug-likeness (QED) is 0.596. The molecule has 9 heteroatoms. The van der Waals surface area contributed by atoms with Gasteiger partial charge in [0.15, 0.2) is 5.82 Å². The first-order chi connectivity index (χ1) is 12.1. The molecule has 9 nitrogen and oxygen atoms in total. The average molecular weight is 342 g/mol. The van der Waals surface area contributed by atoms with Gasteiger partial charge in [-0.3, -0.25) is 15.0 Å². The molecule has 1 amide bonds. The molecule has 0 saturated heterocycles. The number of nitrogens with zero attached hydrogens (tertiary/aromatic N) is 3. The maximum Gasteiger partial charge on any atom is 0.272 e. The topological polar surface area (TPSA) is 118 Å². The van der Waals surface area contributed by atoms with Crippen molar-refractivity contribution in [2.45, 2.75) is 20.1 Å². The first-order valence-corrected chi connectivity index (χ1v) is 7.61. The molecule has 0 aliphatic heterocycles. The summed E-state index contributed by atoms with van der Waals surface area (Å²) in [5.74, 6) is 2.28. The number of amides is 1. The molecule has 0 radical (unpaired) electrons. The maximum absolute atomic E-state index is 12.1. The third kappa shape index (κ3) is 4.34. The van der Waals surface area contributed by atoms with Gasteiger partial charge in [0, 0.05) is 6.07 Å². The fraction of sp³-hybridized carbons (Fsp3) is 0.250. The van der Waals surface area contributed by atoms with Crippen molar-refractivity contribution in [2.24, 2.45) is 0 Å².